The van der Waals surface area contributed by atoms with Gasteiger partial charge in [-0.15, -0.1) is 0 Å². The fraction of sp³-hybridized carbons (Fsp3) is 0.125. The van der Waals surface area contributed by atoms with E-state index in [1.54, 1.807) is 6.07 Å². The number of oxazole rings is 1. The van der Waals surface area contributed by atoms with Gasteiger partial charge in [0, 0.05) is 0 Å². The summed E-state index contributed by atoms with van der Waals surface area (Å²) in [5.41, 5.74) is 2.59. The predicted molar refractivity (Wildman–Crippen MR) is 54.6 cm³/mol. The largest absolute Gasteiger partial charge is 0.429 e. The smallest absolute Gasteiger partial charge is 0.407 e. The average Bonchev–Trinajstić information content (AvgIpc) is 2.31. The van der Waals surface area contributed by atoms with Gasteiger partial charge in [0.25, 0.3) is 0 Å². The van der Waals surface area contributed by atoms with Crippen molar-refractivity contribution in [2.75, 3.05) is 0 Å². The van der Waals surface area contributed by atoms with Crippen molar-refractivity contribution in [2.45, 2.75) is 6.92 Å². The summed E-state index contributed by atoms with van der Waals surface area (Å²) in [6.07, 6.45) is 0. The molecule has 12 heavy (non-hydrogen) atoms. The molecule has 0 radical (unpaired) electrons. The summed E-state index contributed by atoms with van der Waals surface area (Å²) in [4.78, 5) is 11.0. The fourth-order valence-corrected chi connectivity index (χ4v) is 1.58. The monoisotopic (exact) mass is 275 g/mol. The van der Waals surface area contributed by atoms with E-state index >= 15 is 0 Å². The van der Waals surface area contributed by atoms with Crippen LogP contribution in [0.2, 0.25) is 0 Å². The molecule has 0 spiro atoms. The maximum atomic E-state index is 11.0. The molecule has 4 heteroatoms. The Hall–Kier alpha value is -0.780. The highest BCUT2D eigenvalue weighted by atomic mass is 127. The molecule has 1 aromatic carbocycles. The van der Waals surface area contributed by atoms with Crippen LogP contribution in [0.3, 0.4) is 0 Å². The Kier molecular flexibility index (Phi) is 1.71. The first kappa shape index (κ1) is 7.85. The Bertz CT molecular complexity index is 483. The summed E-state index contributed by atoms with van der Waals surface area (Å²) < 4.78 is 6.43. The van der Waals surface area contributed by atoms with Gasteiger partial charge in [-0.1, -0.05) is 6.07 Å². The van der Waals surface area contributed by atoms with Crippen LogP contribution in [0.25, 0.3) is 11.1 Å². The van der Waals surface area contributed by atoms with Gasteiger partial charge in [0.15, 0.2) is 5.58 Å². The third-order valence-corrected chi connectivity index (χ3v) is 2.60. The lowest BCUT2D eigenvalue weighted by molar-refractivity contribution is 0.553. The molecule has 0 saturated heterocycles. The number of fused-ring (bicyclic) bond motifs is 1. The summed E-state index contributed by atoms with van der Waals surface area (Å²) in [5.74, 6) is -0.323. The molecule has 1 heterocycles. The Labute approximate surface area is 82.5 Å². The maximum absolute atomic E-state index is 11.0. The molecule has 0 amide bonds. The van der Waals surface area contributed by atoms with Gasteiger partial charge in [0.1, 0.15) is 5.52 Å². The van der Waals surface area contributed by atoms with E-state index in [9.17, 15) is 4.79 Å². The highest BCUT2D eigenvalue weighted by molar-refractivity contribution is 14.1. The van der Waals surface area contributed by atoms with E-state index in [-0.39, 0.29) is 5.76 Å². The molecule has 0 unspecified atom stereocenters. The zero-order chi connectivity index (χ0) is 8.72. The van der Waals surface area contributed by atoms with Crippen molar-refractivity contribution in [2.24, 2.45) is 0 Å². The first-order valence-electron chi connectivity index (χ1n) is 3.47. The quantitative estimate of drug-likeness (QED) is 0.690. The summed E-state index contributed by atoms with van der Waals surface area (Å²) in [6.45, 7) is 1.98. The fourth-order valence-electron chi connectivity index (χ4n) is 1.10. The first-order chi connectivity index (χ1) is 5.68. The molecule has 0 aliphatic heterocycles. The molecule has 3 nitrogen and oxygen atoms in total. The van der Waals surface area contributed by atoms with E-state index < -0.39 is 0 Å². The van der Waals surface area contributed by atoms with Crippen molar-refractivity contribution in [1.29, 1.82) is 0 Å². The van der Waals surface area contributed by atoms with E-state index in [2.05, 4.69) is 0 Å². The zero-order valence-electron chi connectivity index (χ0n) is 6.37. The number of hydrogen-bond acceptors (Lipinski definition) is 2. The van der Waals surface area contributed by atoms with Gasteiger partial charge in [-0.3, -0.25) is 0 Å². The topological polar surface area (TPSA) is 35.1 Å². The average molecular weight is 275 g/mol. The second-order valence-electron chi connectivity index (χ2n) is 2.62. The third kappa shape index (κ3) is 1.06. The minimum atomic E-state index is -0.323. The minimum Gasteiger partial charge on any atom is -0.407 e. The number of hydrogen-bond donors (Lipinski definition) is 0. The molecule has 62 valence electrons. The Morgan fingerprint density at radius 2 is 2.25 bits per heavy atom. The summed E-state index contributed by atoms with van der Waals surface area (Å²) in [6, 6.07) is 5.65. The van der Waals surface area contributed by atoms with Crippen molar-refractivity contribution >= 4 is 34.0 Å². The third-order valence-electron chi connectivity index (χ3n) is 1.68. The van der Waals surface area contributed by atoms with E-state index in [4.69, 9.17) is 4.42 Å². The lowest BCUT2D eigenvalue weighted by Gasteiger charge is -1.90. The number of rotatable bonds is 0. The molecule has 0 bridgehead atoms. The van der Waals surface area contributed by atoms with Gasteiger partial charge in [-0.25, -0.2) is 7.58 Å². The molecule has 0 saturated carbocycles. The van der Waals surface area contributed by atoms with Crippen molar-refractivity contribution < 1.29 is 4.42 Å². The number of aromatic nitrogens is 1. The molecular weight excluding hydrogens is 269 g/mol. The van der Waals surface area contributed by atoms with Gasteiger partial charge in [-0.2, -0.15) is 0 Å². The number of halogens is 1. The van der Waals surface area contributed by atoms with Gasteiger partial charge < -0.3 is 4.42 Å². The van der Waals surface area contributed by atoms with Gasteiger partial charge >= 0.3 is 5.76 Å². The van der Waals surface area contributed by atoms with Gasteiger partial charge in [-0.05, 0) is 24.6 Å². The lowest BCUT2D eigenvalue weighted by atomic mass is 10.2. The van der Waals surface area contributed by atoms with Crippen LogP contribution in [-0.2, 0) is 0 Å². The molecule has 0 fully saturated rings. The second-order valence-corrected chi connectivity index (χ2v) is 3.58. The number of nitrogens with zero attached hydrogens (tertiary/aromatic N) is 1. The van der Waals surface area contributed by atoms with Crippen molar-refractivity contribution in [3.63, 3.8) is 0 Å². The molecular formula is C8H6INO2. The zero-order valence-corrected chi connectivity index (χ0v) is 8.53. The standard InChI is InChI=1S/C8H6INO2/c1-5-2-3-7-6(4-5)10(9)8(11)12-7/h2-4H,1H3. The van der Waals surface area contributed by atoms with Crippen LogP contribution in [0.15, 0.2) is 27.4 Å². The Balaban J connectivity index is 2.98. The van der Waals surface area contributed by atoms with Crippen LogP contribution in [0.1, 0.15) is 5.56 Å². The van der Waals surface area contributed by atoms with Crippen LogP contribution in [0, 0.1) is 6.92 Å². The molecule has 1 aromatic heterocycles. The van der Waals surface area contributed by atoms with Crippen LogP contribution < -0.4 is 5.76 Å². The second kappa shape index (κ2) is 2.62. The highest BCUT2D eigenvalue weighted by Crippen LogP contribution is 2.15. The van der Waals surface area contributed by atoms with Gasteiger partial charge in [0.05, 0.1) is 22.9 Å². The van der Waals surface area contributed by atoms with E-state index in [1.807, 2.05) is 41.9 Å². The SMILES string of the molecule is Cc1ccc2oc(=O)n(I)c2c1. The highest BCUT2D eigenvalue weighted by Gasteiger charge is 2.05. The summed E-state index contributed by atoms with van der Waals surface area (Å²) in [5, 5.41) is 0. The Morgan fingerprint density at radius 3 is 3.00 bits per heavy atom. The first-order valence-corrected chi connectivity index (χ1v) is 4.43. The molecule has 0 atom stereocenters. The van der Waals surface area contributed by atoms with Gasteiger partial charge in [0.2, 0.25) is 0 Å². The molecule has 0 N–H and O–H groups in total. The predicted octanol–water partition coefficient (Wildman–Crippen LogP) is 2.10. The van der Waals surface area contributed by atoms with Crippen molar-refractivity contribution in [1.82, 2.24) is 2.78 Å². The molecule has 0 aliphatic carbocycles. The van der Waals surface area contributed by atoms with Crippen LogP contribution in [0.5, 0.6) is 0 Å². The van der Waals surface area contributed by atoms with E-state index in [0.29, 0.717) is 5.58 Å². The number of aryl methyl sites for hydroxylation is 1. The molecule has 2 aromatic rings. The summed E-state index contributed by atoms with van der Waals surface area (Å²) in [7, 11) is 0. The van der Waals surface area contributed by atoms with E-state index in [0.717, 1.165) is 11.1 Å². The van der Waals surface area contributed by atoms with E-state index in [1.165, 1.54) is 2.78 Å². The van der Waals surface area contributed by atoms with Crippen LogP contribution in [-0.4, -0.2) is 2.78 Å². The van der Waals surface area contributed by atoms with Crippen molar-refractivity contribution in [3.05, 3.63) is 34.3 Å². The van der Waals surface area contributed by atoms with Crippen LogP contribution >= 0.6 is 22.9 Å². The lowest BCUT2D eigenvalue weighted by Crippen LogP contribution is -2.02. The number of benzene rings is 1. The normalized spacial score (nSPS) is 10.8. The van der Waals surface area contributed by atoms with Crippen LogP contribution in [0.4, 0.5) is 0 Å². The minimum absolute atomic E-state index is 0.323. The molecule has 2 rings (SSSR count). The maximum Gasteiger partial charge on any atom is 0.429 e. The van der Waals surface area contributed by atoms with Crippen molar-refractivity contribution in [3.8, 4) is 0 Å². The summed E-state index contributed by atoms with van der Waals surface area (Å²) >= 11 is 1.92. The Morgan fingerprint density at radius 1 is 1.50 bits per heavy atom. The molecule has 0 aliphatic rings.